The Labute approximate surface area is 47.7 Å². The van der Waals surface area contributed by atoms with E-state index in [0.717, 1.165) is 12.1 Å². The number of hydrogen-bond donors (Lipinski definition) is 0. The van der Waals surface area contributed by atoms with Gasteiger partial charge in [-0.05, 0) is 12.5 Å². The molecule has 0 aromatic rings. The van der Waals surface area contributed by atoms with E-state index in [1.165, 1.54) is 0 Å². The van der Waals surface area contributed by atoms with E-state index in [2.05, 4.69) is 11.9 Å². The van der Waals surface area contributed by atoms with Crippen LogP contribution in [0, 0.1) is 0 Å². The summed E-state index contributed by atoms with van der Waals surface area (Å²) in [6.45, 7) is 2.05. The van der Waals surface area contributed by atoms with E-state index < -0.39 is 0 Å². The monoisotopic (exact) mass is 115 g/mol. The molecule has 0 atom stereocenters. The van der Waals surface area contributed by atoms with Crippen LogP contribution in [-0.4, -0.2) is 5.71 Å². The van der Waals surface area contributed by atoms with Gasteiger partial charge in [-0.2, -0.15) is 0 Å². The van der Waals surface area contributed by atoms with Gasteiger partial charge in [0.1, 0.15) is 5.16 Å². The van der Waals surface area contributed by atoms with Gasteiger partial charge in [0.2, 0.25) is 0 Å². The molecule has 0 aromatic heterocycles. The number of hydrogen-bond acceptors (Lipinski definition) is 1. The van der Waals surface area contributed by atoms with Gasteiger partial charge in [0.25, 0.3) is 0 Å². The van der Waals surface area contributed by atoms with Crippen LogP contribution in [0.3, 0.4) is 0 Å². The lowest BCUT2D eigenvalue weighted by molar-refractivity contribution is 1.24. The Hall–Kier alpha value is -0.300. The molecule has 1 nitrogen and oxygen atoms in total. The third-order valence-corrected chi connectivity index (χ3v) is 1.09. The van der Waals surface area contributed by atoms with E-state index >= 15 is 0 Å². The summed E-state index contributed by atoms with van der Waals surface area (Å²) in [4.78, 5) is 3.88. The van der Waals surface area contributed by atoms with Crippen LogP contribution >= 0.6 is 11.6 Å². The molecule has 1 aliphatic rings. The zero-order valence-electron chi connectivity index (χ0n) is 4.11. The first kappa shape index (κ1) is 4.85. The van der Waals surface area contributed by atoms with Crippen LogP contribution in [0.2, 0.25) is 0 Å². The summed E-state index contributed by atoms with van der Waals surface area (Å²) in [6, 6.07) is 0. The zero-order chi connectivity index (χ0) is 5.28. The summed E-state index contributed by atoms with van der Waals surface area (Å²) in [5.41, 5.74) is 1.10. The molecule has 0 N–H and O–H groups in total. The van der Waals surface area contributed by atoms with Crippen molar-refractivity contribution >= 4 is 17.3 Å². The maximum atomic E-state index is 5.40. The molecule has 1 aliphatic heterocycles. The fourth-order valence-corrected chi connectivity index (χ4v) is 0.689. The summed E-state index contributed by atoms with van der Waals surface area (Å²) in [5, 5.41) is 0.636. The van der Waals surface area contributed by atoms with Crippen molar-refractivity contribution in [2.45, 2.75) is 13.3 Å². The Kier molecular flexibility index (Phi) is 1.15. The van der Waals surface area contributed by atoms with Gasteiger partial charge in [-0.1, -0.05) is 18.5 Å². The van der Waals surface area contributed by atoms with Crippen molar-refractivity contribution in [3.63, 3.8) is 0 Å². The van der Waals surface area contributed by atoms with Crippen molar-refractivity contribution in [3.8, 4) is 0 Å². The highest BCUT2D eigenvalue weighted by molar-refractivity contribution is 6.34. The predicted octanol–water partition coefficient (Wildman–Crippen LogP) is 1.93. The van der Waals surface area contributed by atoms with E-state index in [0.29, 0.717) is 5.16 Å². The molecule has 1 heterocycles. The first-order valence-electron chi connectivity index (χ1n) is 2.27. The van der Waals surface area contributed by atoms with E-state index in [1.54, 1.807) is 0 Å². The molecule has 7 heavy (non-hydrogen) atoms. The summed E-state index contributed by atoms with van der Waals surface area (Å²) in [6.07, 6.45) is 2.87. The minimum absolute atomic E-state index is 0.636. The van der Waals surface area contributed by atoms with Crippen LogP contribution in [0.25, 0.3) is 0 Å². The van der Waals surface area contributed by atoms with E-state index in [9.17, 15) is 0 Å². The molecule has 0 aromatic carbocycles. The largest absolute Gasteiger partial charge is 0.241 e. The second kappa shape index (κ2) is 1.66. The van der Waals surface area contributed by atoms with Crippen LogP contribution < -0.4 is 0 Å². The van der Waals surface area contributed by atoms with Crippen molar-refractivity contribution in [3.05, 3.63) is 11.2 Å². The molecule has 0 bridgehead atoms. The molecule has 0 radical (unpaired) electrons. The van der Waals surface area contributed by atoms with Gasteiger partial charge in [-0.15, -0.1) is 0 Å². The van der Waals surface area contributed by atoms with Gasteiger partial charge in [0, 0.05) is 5.71 Å². The van der Waals surface area contributed by atoms with Crippen molar-refractivity contribution < 1.29 is 0 Å². The van der Waals surface area contributed by atoms with Crippen LogP contribution in [0.4, 0.5) is 0 Å². The van der Waals surface area contributed by atoms with Gasteiger partial charge in [0.15, 0.2) is 0 Å². The first-order chi connectivity index (χ1) is 3.33. The summed E-state index contributed by atoms with van der Waals surface area (Å²) >= 11 is 5.40. The quantitative estimate of drug-likeness (QED) is 0.463. The molecule has 38 valence electrons. The van der Waals surface area contributed by atoms with Gasteiger partial charge >= 0.3 is 0 Å². The van der Waals surface area contributed by atoms with Gasteiger partial charge in [0.05, 0.1) is 0 Å². The number of rotatable bonds is 1. The zero-order valence-corrected chi connectivity index (χ0v) is 4.87. The summed E-state index contributed by atoms with van der Waals surface area (Å²) < 4.78 is 0. The standard InChI is InChI=1S/C5H6ClN/c1-2-4-3-5(6)7-4/h3H,2H2,1H3. The SMILES string of the molecule is CCC1=NC(Cl)=C1. The highest BCUT2D eigenvalue weighted by Crippen LogP contribution is 2.14. The summed E-state index contributed by atoms with van der Waals surface area (Å²) in [7, 11) is 0. The average Bonchev–Trinajstić information content (AvgIpc) is 1.58. The maximum Gasteiger partial charge on any atom is 0.131 e. The van der Waals surface area contributed by atoms with E-state index in [4.69, 9.17) is 11.6 Å². The Morgan fingerprint density at radius 3 is 2.57 bits per heavy atom. The molecule has 0 saturated carbocycles. The van der Waals surface area contributed by atoms with Crippen molar-refractivity contribution in [2.24, 2.45) is 4.99 Å². The molecule has 1 rings (SSSR count). The molecular weight excluding hydrogens is 110 g/mol. The molecule has 0 amide bonds. The highest BCUT2D eigenvalue weighted by atomic mass is 35.5. The fourth-order valence-electron chi connectivity index (χ4n) is 0.454. The predicted molar refractivity (Wildman–Crippen MR) is 31.7 cm³/mol. The topological polar surface area (TPSA) is 12.4 Å². The lowest BCUT2D eigenvalue weighted by Crippen LogP contribution is -1.98. The Morgan fingerprint density at radius 1 is 1.86 bits per heavy atom. The Morgan fingerprint density at radius 2 is 2.43 bits per heavy atom. The number of nitrogens with zero attached hydrogens (tertiary/aromatic N) is 1. The van der Waals surface area contributed by atoms with Crippen LogP contribution in [-0.2, 0) is 0 Å². The first-order valence-corrected chi connectivity index (χ1v) is 2.65. The maximum absolute atomic E-state index is 5.40. The van der Waals surface area contributed by atoms with Crippen molar-refractivity contribution in [2.75, 3.05) is 0 Å². The number of aliphatic imine (C=N–C) groups is 1. The van der Waals surface area contributed by atoms with Crippen LogP contribution in [0.5, 0.6) is 0 Å². The normalized spacial score (nSPS) is 17.4. The van der Waals surface area contributed by atoms with Crippen molar-refractivity contribution in [1.29, 1.82) is 0 Å². The summed E-state index contributed by atoms with van der Waals surface area (Å²) in [5.74, 6) is 0. The fraction of sp³-hybridized carbons (Fsp3) is 0.400. The highest BCUT2D eigenvalue weighted by Gasteiger charge is 2.02. The average molecular weight is 116 g/mol. The molecule has 0 spiro atoms. The Balaban J connectivity index is 2.41. The minimum atomic E-state index is 0.636. The van der Waals surface area contributed by atoms with E-state index in [1.807, 2.05) is 6.08 Å². The molecule has 2 heteroatoms. The number of halogens is 1. The Bertz CT molecular complexity index is 135. The van der Waals surface area contributed by atoms with Crippen LogP contribution in [0.15, 0.2) is 16.2 Å². The molecule has 0 aliphatic carbocycles. The van der Waals surface area contributed by atoms with Gasteiger partial charge < -0.3 is 0 Å². The lowest BCUT2D eigenvalue weighted by Gasteiger charge is -2.03. The molecule has 0 fully saturated rings. The molecular formula is C5H6ClN. The van der Waals surface area contributed by atoms with E-state index in [-0.39, 0.29) is 0 Å². The lowest BCUT2D eigenvalue weighted by atomic mass is 10.2. The van der Waals surface area contributed by atoms with Crippen LogP contribution in [0.1, 0.15) is 13.3 Å². The molecule has 0 unspecified atom stereocenters. The second-order valence-corrected chi connectivity index (χ2v) is 1.81. The number of allylic oxidation sites excluding steroid dienone is 1. The second-order valence-electron chi connectivity index (χ2n) is 1.42. The van der Waals surface area contributed by atoms with Gasteiger partial charge in [-0.25, -0.2) is 4.99 Å². The third-order valence-electron chi connectivity index (χ3n) is 0.898. The third kappa shape index (κ3) is 0.829. The van der Waals surface area contributed by atoms with Crippen molar-refractivity contribution in [1.82, 2.24) is 0 Å². The molecule has 0 saturated heterocycles. The minimum Gasteiger partial charge on any atom is -0.241 e. The smallest absolute Gasteiger partial charge is 0.131 e. The van der Waals surface area contributed by atoms with Gasteiger partial charge in [-0.3, -0.25) is 0 Å².